The second kappa shape index (κ2) is 14.5. The molecule has 2 aliphatic carbocycles. The Hall–Kier alpha value is -4.27. The van der Waals surface area contributed by atoms with Crippen molar-refractivity contribution in [3.63, 3.8) is 0 Å². The molecule has 0 radical (unpaired) electrons. The van der Waals surface area contributed by atoms with E-state index in [0.717, 1.165) is 0 Å². The van der Waals surface area contributed by atoms with Gasteiger partial charge in [0.2, 0.25) is 0 Å². The van der Waals surface area contributed by atoms with Gasteiger partial charge in [-0.05, 0) is 0 Å². The molecule has 8 aromatic rings. The first kappa shape index (κ1) is 38.3. The fraction of sp³-hybridized carbons (Fsp3) is 0.185. The van der Waals surface area contributed by atoms with Crippen molar-refractivity contribution in [2.45, 2.75) is 43.4 Å². The molecule has 0 spiro atoms. The van der Waals surface area contributed by atoms with E-state index < -0.39 is 20.0 Å². The molecule has 3 heteroatoms. The van der Waals surface area contributed by atoms with Crippen molar-refractivity contribution < 1.29 is 44.8 Å². The van der Waals surface area contributed by atoms with Crippen molar-refractivity contribution in [3.8, 4) is 22.3 Å². The van der Waals surface area contributed by atoms with Gasteiger partial charge in [0.05, 0.1) is 0 Å². The molecule has 0 bridgehead atoms. The summed E-state index contributed by atoms with van der Waals surface area (Å²) in [5.74, 6) is 1.01. The van der Waals surface area contributed by atoms with E-state index in [1.807, 2.05) is 0 Å². The van der Waals surface area contributed by atoms with Crippen LogP contribution in [0.15, 0.2) is 157 Å². The van der Waals surface area contributed by atoms with Crippen molar-refractivity contribution in [1.29, 1.82) is 0 Å². The van der Waals surface area contributed by atoms with Crippen LogP contribution in [0, 0.1) is 11.8 Å². The van der Waals surface area contributed by atoms with E-state index in [9.17, 15) is 0 Å². The monoisotopic (exact) mass is 944 g/mol. The average molecular weight is 944 g/mol. The molecule has 57 heavy (non-hydrogen) atoms. The Morgan fingerprint density at radius 2 is 0.754 bits per heavy atom. The van der Waals surface area contributed by atoms with Crippen LogP contribution in [0.1, 0.15) is 57.3 Å². The number of benzene rings is 8. The van der Waals surface area contributed by atoms with Gasteiger partial charge in [0, 0.05) is 0 Å². The molecule has 8 aromatic carbocycles. The van der Waals surface area contributed by atoms with Crippen molar-refractivity contribution in [2.75, 3.05) is 0 Å². The van der Waals surface area contributed by atoms with Crippen molar-refractivity contribution in [1.82, 2.24) is 0 Å². The zero-order valence-corrected chi connectivity index (χ0v) is 38.1. The molecule has 11 rings (SSSR count). The molecule has 0 saturated carbocycles. The maximum Gasteiger partial charge on any atom is -1.00 e. The molecule has 0 amide bonds. The molecular formula is C54H46Cl2Hf. The molecule has 2 atom stereocenters. The maximum absolute atomic E-state index is 3.19. The summed E-state index contributed by atoms with van der Waals surface area (Å²) in [7, 11) is 0. The minimum atomic E-state index is -3.19. The van der Waals surface area contributed by atoms with Gasteiger partial charge in [0.25, 0.3) is 0 Å². The predicted octanol–water partition coefficient (Wildman–Crippen LogP) is 9.53. The summed E-state index contributed by atoms with van der Waals surface area (Å²) in [4.78, 5) is 0. The van der Waals surface area contributed by atoms with Gasteiger partial charge in [0.1, 0.15) is 0 Å². The molecule has 2 unspecified atom stereocenters. The molecule has 280 valence electrons. The smallest absolute Gasteiger partial charge is 1.00 e. The Morgan fingerprint density at radius 1 is 0.421 bits per heavy atom. The minimum absolute atomic E-state index is 0. The van der Waals surface area contributed by atoms with E-state index in [2.05, 4.69) is 185 Å². The van der Waals surface area contributed by atoms with E-state index >= 15 is 0 Å². The van der Waals surface area contributed by atoms with Crippen LogP contribution in [-0.4, -0.2) is 0 Å². The van der Waals surface area contributed by atoms with E-state index in [0.29, 0.717) is 19.2 Å². The number of halogens is 2. The molecule has 1 fully saturated rings. The van der Waals surface area contributed by atoms with Gasteiger partial charge in [-0.15, -0.1) is 0 Å². The fourth-order valence-electron chi connectivity index (χ4n) is 11.1. The average Bonchev–Trinajstić information content (AvgIpc) is 3.71. The molecular weight excluding hydrogens is 898 g/mol. The van der Waals surface area contributed by atoms with Crippen LogP contribution in [0.3, 0.4) is 0 Å². The number of allylic oxidation sites excluding steroid dienone is 2. The van der Waals surface area contributed by atoms with Crippen LogP contribution in [0.4, 0.5) is 0 Å². The molecule has 1 saturated heterocycles. The normalized spacial score (nSPS) is 17.2. The van der Waals surface area contributed by atoms with Crippen LogP contribution >= 0.6 is 0 Å². The number of hydrogen-bond acceptors (Lipinski definition) is 0. The standard InChI is InChI=1S/2C26H21.C2H4.2ClH.Hf/c2*1-17(2)21-15-20-10-7-13-24(25(20)16-21)26-22-11-5-3-8-18(22)14-19-9-4-6-12-23(19)26;1-2;;;/h2*3-17H,1-2H3;1-2H2;2*1H;/q;;;;;+2/p-2. The van der Waals surface area contributed by atoms with Gasteiger partial charge in [0.15, 0.2) is 0 Å². The second-order valence-corrected chi connectivity index (χ2v) is 33.8. The summed E-state index contributed by atoms with van der Waals surface area (Å²) in [5.41, 5.74) is 15.3. The summed E-state index contributed by atoms with van der Waals surface area (Å²) in [5, 5.41) is 10.7. The molecule has 1 heterocycles. The molecule has 0 nitrogen and oxygen atoms in total. The summed E-state index contributed by atoms with van der Waals surface area (Å²) in [6, 6.07) is 55.5. The summed E-state index contributed by atoms with van der Waals surface area (Å²) in [6.45, 7) is 9.86. The van der Waals surface area contributed by atoms with Crippen molar-refractivity contribution in [3.05, 3.63) is 179 Å². The fourth-order valence-corrected chi connectivity index (χ4v) is 40.0. The van der Waals surface area contributed by atoms with Crippen LogP contribution < -0.4 is 24.8 Å². The molecule has 3 aliphatic rings. The molecule has 1 aliphatic heterocycles. The summed E-state index contributed by atoms with van der Waals surface area (Å²) < 4.78 is 4.14. The van der Waals surface area contributed by atoms with Crippen LogP contribution in [0.25, 0.3) is 77.5 Å². The Balaban J connectivity index is 0.00000211. The van der Waals surface area contributed by atoms with Crippen molar-refractivity contribution in [2.24, 2.45) is 11.8 Å². The predicted molar refractivity (Wildman–Crippen MR) is 235 cm³/mol. The maximum atomic E-state index is 2.68. The van der Waals surface area contributed by atoms with Crippen LogP contribution in [0.2, 0.25) is 8.35 Å². The van der Waals surface area contributed by atoms with E-state index in [4.69, 9.17) is 0 Å². The Kier molecular flexibility index (Phi) is 9.75. The van der Waals surface area contributed by atoms with Crippen LogP contribution in [-0.2, 0) is 20.0 Å². The first-order valence-corrected chi connectivity index (χ1v) is 29.7. The number of fused-ring (bicyclic) bond motifs is 6. The molecule has 0 N–H and O–H groups in total. The number of rotatable bonds is 6. The largest absolute Gasteiger partial charge is 1.00 e. The molecule has 0 aromatic heterocycles. The Labute approximate surface area is 353 Å². The van der Waals surface area contributed by atoms with Gasteiger partial charge in [-0.2, -0.15) is 0 Å². The second-order valence-electron chi connectivity index (χ2n) is 17.2. The van der Waals surface area contributed by atoms with Gasteiger partial charge < -0.3 is 24.8 Å². The third-order valence-corrected chi connectivity index (χ3v) is 32.4. The van der Waals surface area contributed by atoms with Gasteiger partial charge >= 0.3 is 332 Å². The van der Waals surface area contributed by atoms with Gasteiger partial charge in [-0.3, -0.25) is 0 Å². The summed E-state index contributed by atoms with van der Waals surface area (Å²) >= 11 is -3.19. The Bertz CT molecular complexity index is 2660. The van der Waals surface area contributed by atoms with E-state index in [1.54, 1.807) is 22.3 Å². The minimum Gasteiger partial charge on any atom is -1.00 e. The first-order chi connectivity index (χ1) is 26.9. The SMILES string of the molecule is CC(C)C1=Cc2c(-c3c4ccccc4cc4ccccc34)cccc2[CH]1[Hf+2]1([CH]2C(C(C)C)=Cc3c(-c4c5ccccc5cc5ccccc45)cccc32)[CH2][CH2]1.[Cl-].[Cl-]. The topological polar surface area (TPSA) is 0 Å². The number of hydrogen-bond donors (Lipinski definition) is 0. The van der Waals surface area contributed by atoms with Crippen LogP contribution in [0.5, 0.6) is 0 Å². The summed E-state index contributed by atoms with van der Waals surface area (Å²) in [6.07, 6.45) is 5.37. The zero-order valence-electron chi connectivity index (χ0n) is 33.0. The van der Waals surface area contributed by atoms with Crippen molar-refractivity contribution >= 4 is 55.2 Å². The zero-order chi connectivity index (χ0) is 37.0. The third kappa shape index (κ3) is 5.78. The third-order valence-electron chi connectivity index (χ3n) is 13.6. The van der Waals surface area contributed by atoms with Gasteiger partial charge in [-0.25, -0.2) is 0 Å². The quantitative estimate of drug-likeness (QED) is 0.115. The van der Waals surface area contributed by atoms with Gasteiger partial charge in [-0.1, -0.05) is 0 Å². The first-order valence-electron chi connectivity index (χ1n) is 20.4. The Morgan fingerprint density at radius 3 is 1.07 bits per heavy atom. The van der Waals surface area contributed by atoms with E-state index in [1.165, 1.54) is 84.8 Å². The van der Waals surface area contributed by atoms with E-state index in [-0.39, 0.29) is 24.8 Å².